The van der Waals surface area contributed by atoms with Gasteiger partial charge in [-0.15, -0.1) is 0 Å². The normalized spacial score (nSPS) is 29.8. The minimum Gasteiger partial charge on any atom is -0.326 e. The third-order valence-electron chi connectivity index (χ3n) is 3.79. The average Bonchev–Trinajstić information content (AvgIpc) is 3.05. The molecule has 4 heteroatoms. The van der Waals surface area contributed by atoms with Crippen molar-refractivity contribution in [1.82, 2.24) is 4.90 Å². The molecule has 2 aliphatic rings. The van der Waals surface area contributed by atoms with E-state index >= 15 is 0 Å². The first-order valence-corrected chi connectivity index (χ1v) is 6.89. The maximum absolute atomic E-state index is 6.30. The molecular formula is C13H16Cl2N2. The van der Waals surface area contributed by atoms with Gasteiger partial charge in [0, 0.05) is 34.2 Å². The number of halogens is 2. The van der Waals surface area contributed by atoms with Crippen molar-refractivity contribution < 1.29 is 0 Å². The van der Waals surface area contributed by atoms with Crippen LogP contribution in [0.5, 0.6) is 0 Å². The Kier molecular flexibility index (Phi) is 3.07. The van der Waals surface area contributed by atoms with Crippen molar-refractivity contribution in [2.75, 3.05) is 6.54 Å². The summed E-state index contributed by atoms with van der Waals surface area (Å²) in [4.78, 5) is 2.48. The Balaban J connectivity index is 2.00. The van der Waals surface area contributed by atoms with Crippen molar-refractivity contribution in [2.45, 2.75) is 37.4 Å². The quantitative estimate of drug-likeness (QED) is 0.894. The van der Waals surface area contributed by atoms with Crippen LogP contribution in [0.4, 0.5) is 0 Å². The molecule has 1 heterocycles. The number of likely N-dealkylation sites (tertiary alicyclic amines) is 1. The highest BCUT2D eigenvalue weighted by atomic mass is 35.5. The molecule has 1 aliphatic heterocycles. The maximum Gasteiger partial charge on any atom is 0.0532 e. The molecule has 0 spiro atoms. The largest absolute Gasteiger partial charge is 0.326 e. The molecule has 3 rings (SSSR count). The fourth-order valence-electron chi connectivity index (χ4n) is 2.83. The molecule has 1 aromatic carbocycles. The van der Waals surface area contributed by atoms with Crippen LogP contribution in [-0.2, 0) is 0 Å². The molecule has 1 aromatic rings. The van der Waals surface area contributed by atoms with Crippen molar-refractivity contribution in [1.29, 1.82) is 0 Å². The van der Waals surface area contributed by atoms with Gasteiger partial charge in [-0.05, 0) is 31.4 Å². The van der Waals surface area contributed by atoms with E-state index in [9.17, 15) is 0 Å². The summed E-state index contributed by atoms with van der Waals surface area (Å²) in [6.07, 6.45) is 3.60. The Morgan fingerprint density at radius 2 is 1.76 bits per heavy atom. The van der Waals surface area contributed by atoms with Gasteiger partial charge in [0.25, 0.3) is 0 Å². The molecule has 1 aliphatic carbocycles. The van der Waals surface area contributed by atoms with E-state index in [2.05, 4.69) is 4.90 Å². The van der Waals surface area contributed by atoms with Crippen LogP contribution in [0, 0.1) is 0 Å². The van der Waals surface area contributed by atoms with Gasteiger partial charge in [0.15, 0.2) is 0 Å². The zero-order valence-corrected chi connectivity index (χ0v) is 11.1. The summed E-state index contributed by atoms with van der Waals surface area (Å²) in [5.74, 6) is 0. The second-order valence-corrected chi connectivity index (χ2v) is 5.82. The SMILES string of the molecule is NC1CCN(C2CC2)C1c1c(Cl)cccc1Cl. The molecule has 2 N–H and O–H groups in total. The number of nitrogens with two attached hydrogens (primary N) is 1. The molecule has 0 bridgehead atoms. The van der Waals surface area contributed by atoms with Gasteiger partial charge >= 0.3 is 0 Å². The van der Waals surface area contributed by atoms with Gasteiger partial charge in [-0.2, -0.15) is 0 Å². The zero-order chi connectivity index (χ0) is 12.0. The van der Waals surface area contributed by atoms with Crippen LogP contribution < -0.4 is 5.73 Å². The van der Waals surface area contributed by atoms with E-state index in [1.807, 2.05) is 18.2 Å². The van der Waals surface area contributed by atoms with E-state index in [4.69, 9.17) is 28.9 Å². The topological polar surface area (TPSA) is 29.3 Å². The van der Waals surface area contributed by atoms with Gasteiger partial charge in [-0.25, -0.2) is 0 Å². The van der Waals surface area contributed by atoms with Gasteiger partial charge in [-0.1, -0.05) is 29.3 Å². The predicted molar refractivity (Wildman–Crippen MR) is 71.5 cm³/mol. The minimum atomic E-state index is 0.146. The highest BCUT2D eigenvalue weighted by Crippen LogP contribution is 2.44. The zero-order valence-electron chi connectivity index (χ0n) is 9.57. The first kappa shape index (κ1) is 11.8. The summed E-state index contributed by atoms with van der Waals surface area (Å²) in [6, 6.07) is 6.73. The van der Waals surface area contributed by atoms with Crippen LogP contribution in [0.1, 0.15) is 30.9 Å². The van der Waals surface area contributed by atoms with Gasteiger partial charge in [0.2, 0.25) is 0 Å². The Hall–Kier alpha value is -0.280. The smallest absolute Gasteiger partial charge is 0.0532 e. The van der Waals surface area contributed by atoms with Crippen molar-refractivity contribution >= 4 is 23.2 Å². The lowest BCUT2D eigenvalue weighted by Gasteiger charge is -2.28. The Bertz CT molecular complexity index is 411. The maximum atomic E-state index is 6.30. The third-order valence-corrected chi connectivity index (χ3v) is 4.45. The molecule has 2 unspecified atom stereocenters. The van der Waals surface area contributed by atoms with Gasteiger partial charge in [0.1, 0.15) is 0 Å². The Morgan fingerprint density at radius 3 is 2.35 bits per heavy atom. The number of rotatable bonds is 2. The molecule has 2 fully saturated rings. The minimum absolute atomic E-state index is 0.146. The van der Waals surface area contributed by atoms with E-state index in [0.29, 0.717) is 6.04 Å². The fourth-order valence-corrected chi connectivity index (χ4v) is 3.45. The van der Waals surface area contributed by atoms with E-state index in [1.165, 1.54) is 12.8 Å². The molecule has 0 radical (unpaired) electrons. The van der Waals surface area contributed by atoms with Crippen LogP contribution in [0.3, 0.4) is 0 Å². The van der Waals surface area contributed by atoms with E-state index in [0.717, 1.165) is 28.6 Å². The first-order valence-electron chi connectivity index (χ1n) is 6.13. The molecule has 1 saturated heterocycles. The lowest BCUT2D eigenvalue weighted by Crippen LogP contribution is -2.33. The van der Waals surface area contributed by atoms with Crippen molar-refractivity contribution in [3.63, 3.8) is 0 Å². The van der Waals surface area contributed by atoms with Crippen LogP contribution >= 0.6 is 23.2 Å². The molecule has 92 valence electrons. The van der Waals surface area contributed by atoms with Gasteiger partial charge < -0.3 is 5.73 Å². The van der Waals surface area contributed by atoms with Crippen LogP contribution in [-0.4, -0.2) is 23.5 Å². The molecule has 0 amide bonds. The summed E-state index contributed by atoms with van der Waals surface area (Å²) >= 11 is 12.6. The lowest BCUT2D eigenvalue weighted by atomic mass is 10.0. The Labute approximate surface area is 112 Å². The van der Waals surface area contributed by atoms with E-state index < -0.39 is 0 Å². The highest BCUT2D eigenvalue weighted by Gasteiger charge is 2.42. The summed E-state index contributed by atoms with van der Waals surface area (Å²) in [7, 11) is 0. The molecule has 2 nitrogen and oxygen atoms in total. The van der Waals surface area contributed by atoms with Crippen molar-refractivity contribution in [3.8, 4) is 0 Å². The first-order chi connectivity index (χ1) is 8.18. The average molecular weight is 271 g/mol. The number of hydrogen-bond donors (Lipinski definition) is 1. The Morgan fingerprint density at radius 1 is 1.12 bits per heavy atom. The van der Waals surface area contributed by atoms with E-state index in [1.54, 1.807) is 0 Å². The molecule has 17 heavy (non-hydrogen) atoms. The van der Waals surface area contributed by atoms with Crippen molar-refractivity contribution in [2.24, 2.45) is 5.73 Å². The second kappa shape index (κ2) is 4.43. The van der Waals surface area contributed by atoms with Crippen LogP contribution in [0.2, 0.25) is 10.0 Å². The summed E-state index contributed by atoms with van der Waals surface area (Å²) in [5, 5.41) is 1.48. The highest BCUT2D eigenvalue weighted by molar-refractivity contribution is 6.36. The molecular weight excluding hydrogens is 255 g/mol. The monoisotopic (exact) mass is 270 g/mol. The summed E-state index contributed by atoms with van der Waals surface area (Å²) in [5.41, 5.74) is 7.27. The lowest BCUT2D eigenvalue weighted by molar-refractivity contribution is 0.237. The molecule has 0 aromatic heterocycles. The van der Waals surface area contributed by atoms with Crippen molar-refractivity contribution in [3.05, 3.63) is 33.8 Å². The van der Waals surface area contributed by atoms with Gasteiger partial charge in [0.05, 0.1) is 6.04 Å². The summed E-state index contributed by atoms with van der Waals surface area (Å²) < 4.78 is 0. The summed E-state index contributed by atoms with van der Waals surface area (Å²) in [6.45, 7) is 1.07. The van der Waals surface area contributed by atoms with Crippen LogP contribution in [0.15, 0.2) is 18.2 Å². The third kappa shape index (κ3) is 2.08. The fraction of sp³-hybridized carbons (Fsp3) is 0.538. The molecule has 1 saturated carbocycles. The van der Waals surface area contributed by atoms with Gasteiger partial charge in [-0.3, -0.25) is 4.90 Å². The predicted octanol–water partition coefficient (Wildman–Crippen LogP) is 3.23. The number of nitrogens with zero attached hydrogens (tertiary/aromatic N) is 1. The van der Waals surface area contributed by atoms with E-state index in [-0.39, 0.29) is 12.1 Å². The standard InChI is InChI=1S/C13H16Cl2N2/c14-9-2-1-3-10(15)12(9)13-11(16)6-7-17(13)8-4-5-8/h1-3,8,11,13H,4-7,16H2. The van der Waals surface area contributed by atoms with Crippen LogP contribution in [0.25, 0.3) is 0 Å². The number of benzene rings is 1. The second-order valence-electron chi connectivity index (χ2n) is 5.00. The number of hydrogen-bond acceptors (Lipinski definition) is 2. The molecule has 2 atom stereocenters.